The minimum atomic E-state index is -0.0708. The molecule has 1 saturated heterocycles. The number of likely N-dealkylation sites (N-methyl/N-ethyl adjacent to an activating group) is 1. The van der Waals surface area contributed by atoms with E-state index in [1.54, 1.807) is 12.4 Å². The lowest BCUT2D eigenvalue weighted by atomic mass is 10.2. The summed E-state index contributed by atoms with van der Waals surface area (Å²) in [7, 11) is 1.59. The molecule has 6 nitrogen and oxygen atoms in total. The van der Waals surface area contributed by atoms with Gasteiger partial charge in [0.05, 0.1) is 0 Å². The van der Waals surface area contributed by atoms with Crippen LogP contribution in [0.25, 0.3) is 0 Å². The third kappa shape index (κ3) is 4.61. The van der Waals surface area contributed by atoms with Crippen LogP contribution in [0.1, 0.15) is 0 Å². The molecule has 120 valence electrons. The van der Waals surface area contributed by atoms with E-state index in [1.165, 1.54) is 0 Å². The zero-order valence-electron chi connectivity index (χ0n) is 12.7. The molecule has 0 bridgehead atoms. The van der Waals surface area contributed by atoms with Gasteiger partial charge < -0.3 is 20.4 Å². The molecular formula is C15H22ClN4O2+. The summed E-state index contributed by atoms with van der Waals surface area (Å²) in [5.41, 5.74) is 1.09. The average molecular weight is 326 g/mol. The molecule has 1 aliphatic rings. The third-order valence-corrected chi connectivity index (χ3v) is 3.97. The standard InChI is InChI=1S/C15H21ClN4O2/c1-17-14(21)10-18-11-15(22)20-7-5-19(6-8-20)13-4-2-3-12(16)9-13/h2-4,9,18H,5-8,10-11H2,1H3,(H,17,21)/p+1. The van der Waals surface area contributed by atoms with Gasteiger partial charge in [-0.2, -0.15) is 0 Å². The van der Waals surface area contributed by atoms with Crippen molar-refractivity contribution < 1.29 is 14.9 Å². The maximum Gasteiger partial charge on any atom is 0.277 e. The first kappa shape index (κ1) is 16.6. The summed E-state index contributed by atoms with van der Waals surface area (Å²) in [6.45, 7) is 3.57. The maximum atomic E-state index is 12.1. The van der Waals surface area contributed by atoms with Crippen molar-refractivity contribution >= 4 is 29.1 Å². The lowest BCUT2D eigenvalue weighted by molar-refractivity contribution is -0.633. The SMILES string of the molecule is CNC(=O)C[NH2+]CC(=O)N1CCN(c2cccc(Cl)c2)CC1. The quantitative estimate of drug-likeness (QED) is 0.752. The number of hydrogen-bond donors (Lipinski definition) is 2. The zero-order chi connectivity index (χ0) is 15.9. The predicted molar refractivity (Wildman–Crippen MR) is 86.0 cm³/mol. The van der Waals surface area contributed by atoms with Crippen molar-refractivity contribution in [2.24, 2.45) is 0 Å². The van der Waals surface area contributed by atoms with Crippen molar-refractivity contribution in [2.45, 2.75) is 0 Å². The largest absolute Gasteiger partial charge is 0.368 e. The second-order valence-electron chi connectivity index (χ2n) is 5.22. The van der Waals surface area contributed by atoms with Gasteiger partial charge in [-0.05, 0) is 18.2 Å². The normalized spacial score (nSPS) is 14.8. The van der Waals surface area contributed by atoms with Gasteiger partial charge in [0.15, 0.2) is 13.1 Å². The summed E-state index contributed by atoms with van der Waals surface area (Å²) in [4.78, 5) is 27.3. The summed E-state index contributed by atoms with van der Waals surface area (Å²) in [6, 6.07) is 7.76. The van der Waals surface area contributed by atoms with Gasteiger partial charge in [0.2, 0.25) is 0 Å². The van der Waals surface area contributed by atoms with Gasteiger partial charge in [-0.15, -0.1) is 0 Å². The molecule has 7 heteroatoms. The molecule has 2 rings (SSSR count). The second kappa shape index (κ2) is 8.00. The molecule has 0 atom stereocenters. The van der Waals surface area contributed by atoms with Crippen LogP contribution in [0.2, 0.25) is 5.02 Å². The Bertz CT molecular complexity index is 530. The highest BCUT2D eigenvalue weighted by atomic mass is 35.5. The van der Waals surface area contributed by atoms with Crippen molar-refractivity contribution in [1.29, 1.82) is 0 Å². The van der Waals surface area contributed by atoms with Gasteiger partial charge in [-0.25, -0.2) is 0 Å². The molecule has 0 aromatic heterocycles. The molecule has 1 aromatic rings. The van der Waals surface area contributed by atoms with E-state index in [9.17, 15) is 9.59 Å². The Morgan fingerprint density at radius 1 is 1.23 bits per heavy atom. The second-order valence-corrected chi connectivity index (χ2v) is 5.65. The molecule has 3 N–H and O–H groups in total. The highest BCUT2D eigenvalue weighted by molar-refractivity contribution is 6.30. The number of piperazine rings is 1. The predicted octanol–water partition coefficient (Wildman–Crippen LogP) is -0.702. The smallest absolute Gasteiger partial charge is 0.277 e. The van der Waals surface area contributed by atoms with Crippen molar-refractivity contribution in [3.05, 3.63) is 29.3 Å². The van der Waals surface area contributed by atoms with Crippen LogP contribution in [0.3, 0.4) is 0 Å². The minimum absolute atomic E-state index is 0.0708. The Morgan fingerprint density at radius 2 is 1.95 bits per heavy atom. The van der Waals surface area contributed by atoms with Crippen LogP contribution in [-0.2, 0) is 9.59 Å². The maximum absolute atomic E-state index is 12.1. The zero-order valence-corrected chi connectivity index (χ0v) is 13.5. The van der Waals surface area contributed by atoms with Crippen LogP contribution in [0.5, 0.6) is 0 Å². The fourth-order valence-electron chi connectivity index (χ4n) is 2.44. The molecule has 0 aliphatic carbocycles. The number of carbonyl (C=O) groups is 2. The number of halogens is 1. The first-order valence-corrected chi connectivity index (χ1v) is 7.78. The third-order valence-electron chi connectivity index (χ3n) is 3.73. The van der Waals surface area contributed by atoms with Gasteiger partial charge in [0, 0.05) is 43.9 Å². The van der Waals surface area contributed by atoms with E-state index < -0.39 is 0 Å². The topological polar surface area (TPSA) is 69.3 Å². The summed E-state index contributed by atoms with van der Waals surface area (Å²) in [5.74, 6) is 0.00761. The van der Waals surface area contributed by atoms with E-state index in [0.717, 1.165) is 23.8 Å². The molecule has 1 aromatic carbocycles. The molecule has 1 fully saturated rings. The number of quaternary nitrogens is 1. The minimum Gasteiger partial charge on any atom is -0.368 e. The van der Waals surface area contributed by atoms with E-state index in [2.05, 4.69) is 10.2 Å². The van der Waals surface area contributed by atoms with Crippen LogP contribution < -0.4 is 15.5 Å². The first-order chi connectivity index (χ1) is 10.6. The number of nitrogens with two attached hydrogens (primary N) is 1. The number of amides is 2. The molecular weight excluding hydrogens is 304 g/mol. The van der Waals surface area contributed by atoms with Crippen LogP contribution in [-0.4, -0.2) is 63.0 Å². The Morgan fingerprint density at radius 3 is 2.59 bits per heavy atom. The van der Waals surface area contributed by atoms with Crippen LogP contribution in [0, 0.1) is 0 Å². The molecule has 0 spiro atoms. The fraction of sp³-hybridized carbons (Fsp3) is 0.467. The number of hydrogen-bond acceptors (Lipinski definition) is 3. The highest BCUT2D eigenvalue weighted by Gasteiger charge is 2.22. The van der Waals surface area contributed by atoms with E-state index in [4.69, 9.17) is 11.6 Å². The number of rotatable bonds is 5. The molecule has 0 radical (unpaired) electrons. The number of benzene rings is 1. The van der Waals surface area contributed by atoms with Gasteiger partial charge in [0.1, 0.15) is 0 Å². The lowest BCUT2D eigenvalue weighted by Gasteiger charge is -2.35. The highest BCUT2D eigenvalue weighted by Crippen LogP contribution is 2.20. The van der Waals surface area contributed by atoms with Crippen molar-refractivity contribution in [3.8, 4) is 0 Å². The van der Waals surface area contributed by atoms with Crippen LogP contribution >= 0.6 is 11.6 Å². The Kier molecular flexibility index (Phi) is 6.03. The summed E-state index contributed by atoms with van der Waals surface area (Å²) < 4.78 is 0. The molecule has 22 heavy (non-hydrogen) atoms. The number of nitrogens with zero attached hydrogens (tertiary/aromatic N) is 2. The fourth-order valence-corrected chi connectivity index (χ4v) is 2.63. The summed E-state index contributed by atoms with van der Waals surface area (Å²) >= 11 is 6.01. The van der Waals surface area contributed by atoms with Gasteiger partial charge >= 0.3 is 0 Å². The number of anilines is 1. The van der Waals surface area contributed by atoms with Crippen molar-refractivity contribution in [2.75, 3.05) is 51.2 Å². The molecule has 1 heterocycles. The van der Waals surface area contributed by atoms with Crippen LogP contribution in [0.4, 0.5) is 5.69 Å². The van der Waals surface area contributed by atoms with Gasteiger partial charge in [-0.1, -0.05) is 17.7 Å². The molecule has 0 saturated carbocycles. The Labute approximate surface area is 135 Å². The average Bonchev–Trinajstić information content (AvgIpc) is 2.54. The monoisotopic (exact) mass is 325 g/mol. The molecule has 0 unspecified atom stereocenters. The van der Waals surface area contributed by atoms with Crippen molar-refractivity contribution in [3.63, 3.8) is 0 Å². The number of nitrogens with one attached hydrogen (secondary N) is 1. The molecule has 1 aliphatic heterocycles. The molecule has 2 amide bonds. The van der Waals surface area contributed by atoms with Crippen molar-refractivity contribution in [1.82, 2.24) is 10.2 Å². The summed E-state index contributed by atoms with van der Waals surface area (Å²) in [6.07, 6.45) is 0. The van der Waals surface area contributed by atoms with Gasteiger partial charge in [-0.3, -0.25) is 9.59 Å². The van der Waals surface area contributed by atoms with E-state index in [1.807, 2.05) is 29.2 Å². The van der Waals surface area contributed by atoms with Gasteiger partial charge in [0.25, 0.3) is 11.8 Å². The number of carbonyl (C=O) groups excluding carboxylic acids is 2. The summed E-state index contributed by atoms with van der Waals surface area (Å²) in [5, 5.41) is 4.98. The van der Waals surface area contributed by atoms with E-state index in [0.29, 0.717) is 19.6 Å². The Hall–Kier alpha value is -1.79. The lowest BCUT2D eigenvalue weighted by Crippen LogP contribution is -2.88. The Balaban J connectivity index is 1.77. The first-order valence-electron chi connectivity index (χ1n) is 7.40. The van der Waals surface area contributed by atoms with Crippen LogP contribution in [0.15, 0.2) is 24.3 Å². The van der Waals surface area contributed by atoms with E-state index >= 15 is 0 Å². The van der Waals surface area contributed by atoms with E-state index in [-0.39, 0.29) is 18.4 Å².